The molecule has 1 N–H and O–H groups in total. The normalized spacial score (nSPS) is 13.8. The van der Waals surface area contributed by atoms with E-state index in [0.717, 1.165) is 5.69 Å². The summed E-state index contributed by atoms with van der Waals surface area (Å²) < 4.78 is 5.28. The van der Waals surface area contributed by atoms with Crippen molar-refractivity contribution in [3.05, 3.63) is 54.5 Å². The molecule has 1 unspecified atom stereocenters. The Hall–Kier alpha value is -2.21. The van der Waals surface area contributed by atoms with Gasteiger partial charge in [0.05, 0.1) is 12.3 Å². The van der Waals surface area contributed by atoms with Gasteiger partial charge in [0.15, 0.2) is 5.54 Å². The summed E-state index contributed by atoms with van der Waals surface area (Å²) in [5.41, 5.74) is 0.0492. The summed E-state index contributed by atoms with van der Waals surface area (Å²) in [4.78, 5) is 0. The van der Waals surface area contributed by atoms with Crippen molar-refractivity contribution in [3.8, 4) is 6.07 Å². The van der Waals surface area contributed by atoms with E-state index in [9.17, 15) is 5.26 Å². The Morgan fingerprint density at radius 2 is 1.94 bits per heavy atom. The summed E-state index contributed by atoms with van der Waals surface area (Å²) in [6.45, 7) is 1.79. The van der Waals surface area contributed by atoms with E-state index in [2.05, 4.69) is 11.4 Å². The van der Waals surface area contributed by atoms with E-state index in [-0.39, 0.29) is 0 Å². The Kier molecular flexibility index (Phi) is 2.65. The van der Waals surface area contributed by atoms with Crippen molar-refractivity contribution >= 4 is 5.69 Å². The second-order valence-electron chi connectivity index (χ2n) is 3.71. The largest absolute Gasteiger partial charge is 0.466 e. The molecule has 2 rings (SSSR count). The Bertz CT molecular complexity index is 484. The Morgan fingerprint density at radius 3 is 2.50 bits per heavy atom. The molecule has 3 heteroatoms. The van der Waals surface area contributed by atoms with Crippen LogP contribution in [0.3, 0.4) is 0 Å². The van der Waals surface area contributed by atoms with Crippen molar-refractivity contribution in [1.29, 1.82) is 5.26 Å². The molecule has 1 aromatic carbocycles. The van der Waals surface area contributed by atoms with Gasteiger partial charge in [-0.1, -0.05) is 18.2 Å². The third-order valence-electron chi connectivity index (χ3n) is 2.41. The Morgan fingerprint density at radius 1 is 1.19 bits per heavy atom. The van der Waals surface area contributed by atoms with Crippen molar-refractivity contribution in [2.75, 3.05) is 5.32 Å². The van der Waals surface area contributed by atoms with E-state index in [4.69, 9.17) is 4.42 Å². The molecule has 16 heavy (non-hydrogen) atoms. The lowest BCUT2D eigenvalue weighted by Gasteiger charge is -2.21. The number of nitrogens with zero attached hydrogens (tertiary/aromatic N) is 1. The van der Waals surface area contributed by atoms with Crippen LogP contribution in [0.25, 0.3) is 0 Å². The lowest BCUT2D eigenvalue weighted by molar-refractivity contribution is 0.450. The smallest absolute Gasteiger partial charge is 0.180 e. The molecular weight excluding hydrogens is 200 g/mol. The highest BCUT2D eigenvalue weighted by molar-refractivity contribution is 5.48. The van der Waals surface area contributed by atoms with Gasteiger partial charge in [-0.05, 0) is 31.2 Å². The molecule has 0 spiro atoms. The highest BCUT2D eigenvalue weighted by Crippen LogP contribution is 2.25. The maximum atomic E-state index is 9.25. The minimum Gasteiger partial charge on any atom is -0.466 e. The maximum absolute atomic E-state index is 9.25. The summed E-state index contributed by atoms with van der Waals surface area (Å²) >= 11 is 0. The van der Waals surface area contributed by atoms with Crippen molar-refractivity contribution < 1.29 is 4.42 Å². The Labute approximate surface area is 94.3 Å². The molecule has 0 bridgehead atoms. The number of nitriles is 1. The third-order valence-corrected chi connectivity index (χ3v) is 2.41. The van der Waals surface area contributed by atoms with Crippen LogP contribution < -0.4 is 5.32 Å². The van der Waals surface area contributed by atoms with E-state index in [0.29, 0.717) is 5.76 Å². The number of rotatable bonds is 3. The van der Waals surface area contributed by atoms with Crippen LogP contribution >= 0.6 is 0 Å². The molecule has 0 saturated carbocycles. The fourth-order valence-corrected chi connectivity index (χ4v) is 1.52. The maximum Gasteiger partial charge on any atom is 0.180 e. The lowest BCUT2D eigenvalue weighted by atomic mass is 10.0. The molecule has 0 aliphatic carbocycles. The van der Waals surface area contributed by atoms with Gasteiger partial charge in [0.25, 0.3) is 0 Å². The fraction of sp³-hybridized carbons (Fsp3) is 0.154. The number of para-hydroxylation sites is 1. The van der Waals surface area contributed by atoms with Crippen molar-refractivity contribution in [2.24, 2.45) is 0 Å². The monoisotopic (exact) mass is 212 g/mol. The topological polar surface area (TPSA) is 49.0 Å². The first-order valence-electron chi connectivity index (χ1n) is 5.03. The zero-order valence-corrected chi connectivity index (χ0v) is 8.97. The molecule has 1 heterocycles. The fourth-order valence-electron chi connectivity index (χ4n) is 1.52. The number of furan rings is 1. The van der Waals surface area contributed by atoms with Gasteiger partial charge in [0.1, 0.15) is 5.76 Å². The molecule has 0 saturated heterocycles. The van der Waals surface area contributed by atoms with Gasteiger partial charge in [-0.3, -0.25) is 0 Å². The van der Waals surface area contributed by atoms with Crippen molar-refractivity contribution in [1.82, 2.24) is 0 Å². The van der Waals surface area contributed by atoms with E-state index in [1.54, 1.807) is 25.3 Å². The van der Waals surface area contributed by atoms with Crippen LogP contribution in [0, 0.1) is 11.3 Å². The van der Waals surface area contributed by atoms with Crippen LogP contribution in [-0.2, 0) is 5.54 Å². The number of hydrogen-bond acceptors (Lipinski definition) is 3. The zero-order valence-electron chi connectivity index (χ0n) is 8.97. The van der Waals surface area contributed by atoms with Gasteiger partial charge in [-0.15, -0.1) is 0 Å². The highest BCUT2D eigenvalue weighted by Gasteiger charge is 2.29. The first-order valence-corrected chi connectivity index (χ1v) is 5.03. The lowest BCUT2D eigenvalue weighted by Crippen LogP contribution is -2.29. The molecule has 0 aliphatic rings. The van der Waals surface area contributed by atoms with Crippen LogP contribution in [0.4, 0.5) is 5.69 Å². The predicted octanol–water partition coefficient (Wildman–Crippen LogP) is 3.13. The standard InChI is InChI=1S/C13H12N2O/c1-13(10-14,12-8-5-9-16-12)15-11-6-3-2-4-7-11/h2-9,15H,1H3. The quantitative estimate of drug-likeness (QED) is 0.850. The van der Waals surface area contributed by atoms with Gasteiger partial charge in [-0.2, -0.15) is 5.26 Å². The molecule has 0 radical (unpaired) electrons. The van der Waals surface area contributed by atoms with E-state index in [1.807, 2.05) is 30.3 Å². The number of hydrogen-bond donors (Lipinski definition) is 1. The minimum atomic E-state index is -0.842. The zero-order chi connectivity index (χ0) is 11.4. The van der Waals surface area contributed by atoms with Crippen LogP contribution in [0.2, 0.25) is 0 Å². The SMILES string of the molecule is CC(C#N)(Nc1ccccc1)c1ccco1. The van der Waals surface area contributed by atoms with Crippen molar-refractivity contribution in [3.63, 3.8) is 0 Å². The van der Waals surface area contributed by atoms with Gasteiger partial charge < -0.3 is 9.73 Å². The average molecular weight is 212 g/mol. The molecule has 0 amide bonds. The summed E-state index contributed by atoms with van der Waals surface area (Å²) in [6.07, 6.45) is 1.57. The van der Waals surface area contributed by atoms with Crippen LogP contribution in [0.5, 0.6) is 0 Å². The first-order chi connectivity index (χ1) is 7.74. The van der Waals surface area contributed by atoms with Crippen LogP contribution in [0.15, 0.2) is 53.1 Å². The molecule has 1 aromatic heterocycles. The predicted molar refractivity (Wildman–Crippen MR) is 61.7 cm³/mol. The summed E-state index contributed by atoms with van der Waals surface area (Å²) in [7, 11) is 0. The van der Waals surface area contributed by atoms with Gasteiger partial charge in [0, 0.05) is 5.69 Å². The Balaban J connectivity index is 2.28. The van der Waals surface area contributed by atoms with Gasteiger partial charge in [0.2, 0.25) is 0 Å². The molecular formula is C13H12N2O. The first kappa shape index (κ1) is 10.3. The third kappa shape index (κ3) is 1.91. The molecule has 0 aliphatic heterocycles. The van der Waals surface area contributed by atoms with E-state index >= 15 is 0 Å². The summed E-state index contributed by atoms with van der Waals surface area (Å²) in [5, 5.41) is 12.4. The molecule has 80 valence electrons. The number of anilines is 1. The van der Waals surface area contributed by atoms with Crippen molar-refractivity contribution in [2.45, 2.75) is 12.5 Å². The van der Waals surface area contributed by atoms with Crippen LogP contribution in [0.1, 0.15) is 12.7 Å². The number of benzene rings is 1. The van der Waals surface area contributed by atoms with Gasteiger partial charge >= 0.3 is 0 Å². The molecule has 3 nitrogen and oxygen atoms in total. The second kappa shape index (κ2) is 4.11. The average Bonchev–Trinajstić information content (AvgIpc) is 2.84. The van der Waals surface area contributed by atoms with Crippen LogP contribution in [-0.4, -0.2) is 0 Å². The molecule has 2 aromatic rings. The van der Waals surface area contributed by atoms with E-state index in [1.165, 1.54) is 0 Å². The summed E-state index contributed by atoms with van der Waals surface area (Å²) in [5.74, 6) is 0.610. The second-order valence-corrected chi connectivity index (χ2v) is 3.71. The van der Waals surface area contributed by atoms with E-state index < -0.39 is 5.54 Å². The highest BCUT2D eigenvalue weighted by atomic mass is 16.3. The minimum absolute atomic E-state index is 0.610. The summed E-state index contributed by atoms with van der Waals surface area (Å²) in [6, 6.07) is 15.4. The van der Waals surface area contributed by atoms with Gasteiger partial charge in [-0.25, -0.2) is 0 Å². The molecule has 0 fully saturated rings. The molecule has 1 atom stereocenters. The number of nitrogens with one attached hydrogen (secondary N) is 1.